The highest BCUT2D eigenvalue weighted by Crippen LogP contribution is 2.17. The number of rotatable bonds is 4. The first-order valence-electron chi connectivity index (χ1n) is 4.31. The lowest BCUT2D eigenvalue weighted by atomic mass is 10.2. The maximum atomic E-state index is 5.62. The van der Waals surface area contributed by atoms with Crippen molar-refractivity contribution >= 4 is 11.6 Å². The minimum absolute atomic E-state index is 0.623. The zero-order chi connectivity index (χ0) is 8.10. The molecule has 1 nitrogen and oxygen atoms in total. The minimum atomic E-state index is 0.623. The molecule has 0 radical (unpaired) electrons. The maximum absolute atomic E-state index is 5.62. The van der Waals surface area contributed by atoms with E-state index in [9.17, 15) is 0 Å². The quantitative estimate of drug-likeness (QED) is 0.466. The van der Waals surface area contributed by atoms with Crippen molar-refractivity contribution in [2.75, 3.05) is 19.0 Å². The predicted molar refractivity (Wildman–Crippen MR) is 50.1 cm³/mol. The first-order chi connectivity index (χ1) is 5.38. The van der Waals surface area contributed by atoms with E-state index in [0.717, 1.165) is 18.8 Å². The highest BCUT2D eigenvalue weighted by molar-refractivity contribution is 6.17. The van der Waals surface area contributed by atoms with Crippen molar-refractivity contribution in [1.82, 2.24) is 4.90 Å². The van der Waals surface area contributed by atoms with Crippen molar-refractivity contribution in [2.45, 2.75) is 25.3 Å². The van der Waals surface area contributed by atoms with Gasteiger partial charge in [-0.25, -0.2) is 0 Å². The van der Waals surface area contributed by atoms with Gasteiger partial charge in [0.1, 0.15) is 0 Å². The molecular formula is C9H16ClN. The average Bonchev–Trinajstić information content (AvgIpc) is 2.47. The van der Waals surface area contributed by atoms with Gasteiger partial charge in [0.05, 0.1) is 0 Å². The van der Waals surface area contributed by atoms with Crippen LogP contribution in [0.4, 0.5) is 0 Å². The van der Waals surface area contributed by atoms with Gasteiger partial charge in [0.2, 0.25) is 0 Å². The van der Waals surface area contributed by atoms with Crippen LogP contribution in [0.2, 0.25) is 0 Å². The predicted octanol–water partition coefficient (Wildman–Crippen LogP) is 2.27. The van der Waals surface area contributed by atoms with E-state index >= 15 is 0 Å². The molecule has 0 bridgehead atoms. The number of alkyl halides is 1. The Balaban J connectivity index is 2.25. The smallest absolute Gasteiger partial charge is 0.0276 e. The molecule has 1 aliphatic heterocycles. The molecule has 0 spiro atoms. The molecule has 0 aromatic heterocycles. The topological polar surface area (TPSA) is 3.24 Å². The van der Waals surface area contributed by atoms with Crippen molar-refractivity contribution in [3.05, 3.63) is 12.7 Å². The third-order valence-corrected chi connectivity index (χ3v) is 2.53. The Morgan fingerprint density at radius 2 is 2.45 bits per heavy atom. The zero-order valence-corrected chi connectivity index (χ0v) is 7.69. The highest BCUT2D eigenvalue weighted by Gasteiger charge is 2.20. The fourth-order valence-corrected chi connectivity index (χ4v) is 1.78. The van der Waals surface area contributed by atoms with Crippen LogP contribution in [0.25, 0.3) is 0 Å². The van der Waals surface area contributed by atoms with Gasteiger partial charge in [-0.1, -0.05) is 6.08 Å². The van der Waals surface area contributed by atoms with Crippen molar-refractivity contribution in [1.29, 1.82) is 0 Å². The average molecular weight is 174 g/mol. The molecule has 1 rings (SSSR count). The summed E-state index contributed by atoms with van der Waals surface area (Å²) in [6.07, 6.45) is 5.76. The monoisotopic (exact) mass is 173 g/mol. The van der Waals surface area contributed by atoms with Gasteiger partial charge in [0, 0.05) is 11.9 Å². The van der Waals surface area contributed by atoms with Crippen molar-refractivity contribution in [3.8, 4) is 0 Å². The lowest BCUT2D eigenvalue weighted by Crippen LogP contribution is -2.28. The number of hydrogen-bond donors (Lipinski definition) is 0. The molecule has 0 saturated carbocycles. The maximum Gasteiger partial charge on any atom is 0.0276 e. The van der Waals surface area contributed by atoms with E-state index in [4.69, 9.17) is 11.6 Å². The van der Waals surface area contributed by atoms with Gasteiger partial charge in [-0.2, -0.15) is 0 Å². The fraction of sp³-hybridized carbons (Fsp3) is 0.778. The van der Waals surface area contributed by atoms with Gasteiger partial charge in [-0.15, -0.1) is 18.2 Å². The van der Waals surface area contributed by atoms with Crippen molar-refractivity contribution in [2.24, 2.45) is 0 Å². The number of halogens is 1. The Kier molecular flexibility index (Phi) is 3.95. The van der Waals surface area contributed by atoms with E-state index in [1.807, 2.05) is 0 Å². The van der Waals surface area contributed by atoms with Crippen molar-refractivity contribution in [3.63, 3.8) is 0 Å². The Hall–Kier alpha value is -0.0100. The summed E-state index contributed by atoms with van der Waals surface area (Å²) >= 11 is 5.62. The van der Waals surface area contributed by atoms with Crippen LogP contribution in [-0.4, -0.2) is 29.9 Å². The van der Waals surface area contributed by atoms with Gasteiger partial charge in [-0.3, -0.25) is 4.90 Å². The summed E-state index contributed by atoms with van der Waals surface area (Å²) in [5, 5.41) is 0. The molecule has 1 fully saturated rings. The molecule has 0 unspecified atom stereocenters. The van der Waals surface area contributed by atoms with Gasteiger partial charge in [0.15, 0.2) is 0 Å². The van der Waals surface area contributed by atoms with Gasteiger partial charge in [-0.05, 0) is 32.4 Å². The lowest BCUT2D eigenvalue weighted by molar-refractivity contribution is 0.291. The van der Waals surface area contributed by atoms with Gasteiger partial charge < -0.3 is 0 Å². The molecule has 11 heavy (non-hydrogen) atoms. The van der Waals surface area contributed by atoms with Crippen LogP contribution >= 0.6 is 11.6 Å². The third-order valence-electron chi connectivity index (χ3n) is 2.27. The Morgan fingerprint density at radius 1 is 1.64 bits per heavy atom. The Labute approximate surface area is 74.0 Å². The molecule has 0 aromatic carbocycles. The largest absolute Gasteiger partial charge is 0.297 e. The minimum Gasteiger partial charge on any atom is -0.297 e. The normalized spacial score (nSPS) is 25.7. The fourth-order valence-electron chi connectivity index (χ4n) is 1.66. The summed E-state index contributed by atoms with van der Waals surface area (Å²) < 4.78 is 0. The molecule has 0 aromatic rings. The summed E-state index contributed by atoms with van der Waals surface area (Å²) in [6, 6.07) is 0.623. The second-order valence-corrected chi connectivity index (χ2v) is 3.40. The Morgan fingerprint density at radius 3 is 3.09 bits per heavy atom. The van der Waals surface area contributed by atoms with E-state index in [2.05, 4.69) is 17.6 Å². The van der Waals surface area contributed by atoms with Crippen LogP contribution in [-0.2, 0) is 0 Å². The summed E-state index contributed by atoms with van der Waals surface area (Å²) in [7, 11) is 0. The standard InChI is InChI=1S/C9H16ClN/c1-2-9-5-3-7-11(9)8-4-6-10/h2,9H,1,3-8H2/t9-/m1/s1. The molecule has 1 aliphatic rings. The number of likely N-dealkylation sites (tertiary alicyclic amines) is 1. The molecule has 2 heteroatoms. The molecule has 1 atom stereocenters. The van der Waals surface area contributed by atoms with E-state index in [0.29, 0.717) is 6.04 Å². The third kappa shape index (κ3) is 2.49. The van der Waals surface area contributed by atoms with E-state index in [1.165, 1.54) is 19.4 Å². The van der Waals surface area contributed by atoms with Crippen LogP contribution in [0.1, 0.15) is 19.3 Å². The molecule has 1 saturated heterocycles. The number of hydrogen-bond acceptors (Lipinski definition) is 1. The molecular weight excluding hydrogens is 158 g/mol. The van der Waals surface area contributed by atoms with E-state index in [-0.39, 0.29) is 0 Å². The van der Waals surface area contributed by atoms with E-state index in [1.54, 1.807) is 0 Å². The number of nitrogens with zero attached hydrogens (tertiary/aromatic N) is 1. The Bertz CT molecular complexity index is 125. The first-order valence-corrected chi connectivity index (χ1v) is 4.84. The lowest BCUT2D eigenvalue weighted by Gasteiger charge is -2.20. The molecule has 1 heterocycles. The zero-order valence-electron chi connectivity index (χ0n) is 6.93. The summed E-state index contributed by atoms with van der Waals surface area (Å²) in [5.41, 5.74) is 0. The summed E-state index contributed by atoms with van der Waals surface area (Å²) in [4.78, 5) is 2.47. The summed E-state index contributed by atoms with van der Waals surface area (Å²) in [5.74, 6) is 0.778. The molecule has 0 N–H and O–H groups in total. The highest BCUT2D eigenvalue weighted by atomic mass is 35.5. The van der Waals surface area contributed by atoms with Crippen molar-refractivity contribution < 1.29 is 0 Å². The SMILES string of the molecule is C=C[C@@H]1CCCN1CCCCl. The van der Waals surface area contributed by atoms with Gasteiger partial charge in [0.25, 0.3) is 0 Å². The summed E-state index contributed by atoms with van der Waals surface area (Å²) in [6.45, 7) is 6.20. The second kappa shape index (κ2) is 4.78. The van der Waals surface area contributed by atoms with Crippen LogP contribution < -0.4 is 0 Å². The molecule has 0 amide bonds. The van der Waals surface area contributed by atoms with Crippen LogP contribution in [0.5, 0.6) is 0 Å². The second-order valence-electron chi connectivity index (χ2n) is 3.02. The molecule has 0 aliphatic carbocycles. The molecule has 64 valence electrons. The van der Waals surface area contributed by atoms with Crippen LogP contribution in [0.15, 0.2) is 12.7 Å². The van der Waals surface area contributed by atoms with Crippen LogP contribution in [0, 0.1) is 0 Å². The van der Waals surface area contributed by atoms with E-state index < -0.39 is 0 Å². The van der Waals surface area contributed by atoms with Gasteiger partial charge >= 0.3 is 0 Å². The first kappa shape index (κ1) is 9.08. The van der Waals surface area contributed by atoms with Crippen LogP contribution in [0.3, 0.4) is 0 Å².